The second kappa shape index (κ2) is 54.5. The first-order valence-electron chi connectivity index (χ1n) is 37.9. The van der Waals surface area contributed by atoms with Crippen LogP contribution < -0.4 is 16.0 Å². The normalized spacial score (nSPS) is 26.5. The summed E-state index contributed by atoms with van der Waals surface area (Å²) in [6, 6.07) is -1.48. The third-order valence-corrected chi connectivity index (χ3v) is 19.6. The zero-order chi connectivity index (χ0) is 72.6. The van der Waals surface area contributed by atoms with E-state index in [9.17, 15) is 69.4 Å². The highest BCUT2D eigenvalue weighted by Gasteiger charge is 2.54. The number of unbranched alkanes of at least 4 members (excludes halogenated alkanes) is 29. The molecule has 3 saturated heterocycles. The van der Waals surface area contributed by atoms with Crippen molar-refractivity contribution in [2.24, 2.45) is 0 Å². The first-order valence-corrected chi connectivity index (χ1v) is 39.9. The molecule has 0 radical (unpaired) electrons. The molecule has 3 heterocycles. The van der Waals surface area contributed by atoms with Gasteiger partial charge >= 0.3 is 19.5 Å². The van der Waals surface area contributed by atoms with E-state index in [-0.39, 0.29) is 83.4 Å². The second-order valence-electron chi connectivity index (χ2n) is 27.3. The van der Waals surface area contributed by atoms with Crippen LogP contribution in [0, 0.1) is 0 Å². The van der Waals surface area contributed by atoms with Crippen LogP contribution in [0.3, 0.4) is 0 Å². The van der Waals surface area contributed by atoms with E-state index in [4.69, 9.17) is 46.9 Å². The van der Waals surface area contributed by atoms with Crippen LogP contribution in [-0.2, 0) is 75.5 Å². The highest BCUT2D eigenvalue weighted by molar-refractivity contribution is 7.52. The molecule has 99 heavy (non-hydrogen) atoms. The van der Waals surface area contributed by atoms with Gasteiger partial charge in [0.2, 0.25) is 17.7 Å². The summed E-state index contributed by atoms with van der Waals surface area (Å²) in [5.41, 5.74) is 0. The molecule has 27 nitrogen and oxygen atoms in total. The number of nitrogens with one attached hydrogen (secondary N) is 3. The highest BCUT2D eigenvalue weighted by atomic mass is 31.2. The van der Waals surface area contributed by atoms with Crippen molar-refractivity contribution in [3.8, 4) is 0 Å². The van der Waals surface area contributed by atoms with Gasteiger partial charge in [0.05, 0.1) is 39.1 Å². The fourth-order valence-electron chi connectivity index (χ4n) is 12.3. The van der Waals surface area contributed by atoms with Crippen molar-refractivity contribution in [1.29, 1.82) is 0 Å². The molecule has 0 aliphatic carbocycles. The third-order valence-electron chi connectivity index (χ3n) is 18.4. The van der Waals surface area contributed by atoms with Crippen molar-refractivity contribution in [3.63, 3.8) is 0 Å². The molecule has 580 valence electrons. The maximum Gasteiger partial charge on any atom is 0.327 e. The molecule has 0 aromatic carbocycles. The van der Waals surface area contributed by atoms with Gasteiger partial charge in [-0.3, -0.25) is 28.5 Å². The maximum absolute atomic E-state index is 13.4. The van der Waals surface area contributed by atoms with Gasteiger partial charge in [-0.05, 0) is 39.0 Å². The Morgan fingerprint density at radius 2 is 0.899 bits per heavy atom. The van der Waals surface area contributed by atoms with Gasteiger partial charge in [0, 0.05) is 52.4 Å². The van der Waals surface area contributed by atoms with Crippen LogP contribution >= 0.6 is 7.60 Å². The number of hydrogen-bond donors (Lipinski definition) is 11. The lowest BCUT2D eigenvalue weighted by molar-refractivity contribution is -0.385. The average molecular weight is 1440 g/mol. The van der Waals surface area contributed by atoms with Gasteiger partial charge in [-0.2, -0.15) is 0 Å². The molecule has 17 atom stereocenters. The molecule has 3 aliphatic rings. The van der Waals surface area contributed by atoms with E-state index in [1.54, 1.807) is 0 Å². The number of hydrogen-bond acceptors (Lipinski definition) is 24. The van der Waals surface area contributed by atoms with Crippen LogP contribution in [0.2, 0.25) is 0 Å². The minimum Gasteiger partial charge on any atom is -0.462 e. The number of carbonyl (C=O) groups excluding carboxylic acids is 5. The van der Waals surface area contributed by atoms with E-state index in [0.717, 1.165) is 45.4 Å². The maximum atomic E-state index is 13.4. The summed E-state index contributed by atoms with van der Waals surface area (Å²) in [5, 5.41) is 92.9. The fraction of sp³-hybridized carbons (Fsp3) is 0.930. The Balaban J connectivity index is 1.41. The molecule has 0 aromatic heterocycles. The summed E-state index contributed by atoms with van der Waals surface area (Å²) >= 11 is 0. The molecule has 3 rings (SSSR count). The lowest BCUT2D eigenvalue weighted by atomic mass is 9.95. The van der Waals surface area contributed by atoms with Crippen LogP contribution in [0.15, 0.2) is 0 Å². The SMILES string of the molecule is CCCCCCCCCCCCCCCCCC(=O)OC[C@H](COP(C)(=O)OCCNC(=O)CCCCC(=O)NCCCO[C@@H]1OC(CO)[C@H](O)[C@H](O[C@@H]2OC(CO)[C@H](O)[C@H](O)C2NC(C)=O)C1O[C@@H]1OC(C)[C@H](O)[C@@H](O)C1O)OC(=O)CCCCCCCCCCCCCCCCC. The molecular weight excluding hydrogens is 1310 g/mol. The van der Waals surface area contributed by atoms with Crippen LogP contribution in [0.5, 0.6) is 0 Å². The number of ether oxygens (including phenoxy) is 8. The van der Waals surface area contributed by atoms with Gasteiger partial charge < -0.3 is 104 Å². The smallest absolute Gasteiger partial charge is 0.327 e. The molecule has 0 saturated carbocycles. The molecule has 3 aliphatic heterocycles. The van der Waals surface area contributed by atoms with Crippen molar-refractivity contribution >= 4 is 37.3 Å². The number of aliphatic hydroxyl groups excluding tert-OH is 8. The number of carbonyl (C=O) groups is 5. The lowest BCUT2D eigenvalue weighted by Gasteiger charge is -2.49. The molecular formula is C71H132N3O24P. The standard InChI is InChI=1S/C71H132N3O24P/c1-6-8-10-12-14-16-18-20-22-24-26-28-30-32-34-41-58(80)90-49-53(94-59(81)42-35-33-31-29-27-25-23-21-19-17-15-13-11-9-7-2)50-92-99(5,88)91-46-44-73-57(79)40-37-36-39-56(78)72-43-38-45-89-71-68(98-70-66(87)65(86)61(82)51(3)93-70)67(63(84)55(48-76)96-71)97-69-60(74-52(4)77)64(85)62(83)54(47-75)95-69/h51,53-55,60-71,75-76,82-87H,6-50H2,1-5H3,(H,72,78)(H,73,79)(H,74,77)/t51?,53-,54?,55?,60?,61+,62+,63+,64-,65-,66?,67+,68?,69+,70+,71-,99?/m1/s1. The summed E-state index contributed by atoms with van der Waals surface area (Å²) < 4.78 is 71.3. The summed E-state index contributed by atoms with van der Waals surface area (Å²) in [6.45, 7) is 5.88. The average Bonchev–Trinajstić information content (AvgIpc) is 0.775. The zero-order valence-corrected chi connectivity index (χ0v) is 61.5. The quantitative estimate of drug-likeness (QED) is 0.0158. The molecule has 0 bridgehead atoms. The first-order chi connectivity index (χ1) is 47.7. The largest absolute Gasteiger partial charge is 0.462 e. The molecule has 3 amide bonds. The van der Waals surface area contributed by atoms with Gasteiger partial charge in [-0.25, -0.2) is 0 Å². The number of esters is 2. The topological polar surface area (TPSA) is 393 Å². The van der Waals surface area contributed by atoms with Crippen molar-refractivity contribution in [1.82, 2.24) is 16.0 Å². The van der Waals surface area contributed by atoms with E-state index in [1.807, 2.05) is 0 Å². The first kappa shape index (κ1) is 90.2. The summed E-state index contributed by atoms with van der Waals surface area (Å²) in [7, 11) is -3.73. The monoisotopic (exact) mass is 1440 g/mol. The van der Waals surface area contributed by atoms with Crippen LogP contribution in [0.4, 0.5) is 0 Å². The van der Waals surface area contributed by atoms with E-state index < -0.39 is 137 Å². The molecule has 7 unspecified atom stereocenters. The minimum absolute atomic E-state index is 0.00181. The Kier molecular flexibility index (Phi) is 49.7. The summed E-state index contributed by atoms with van der Waals surface area (Å²) in [6.07, 6.45) is 14.1. The van der Waals surface area contributed by atoms with E-state index in [1.165, 1.54) is 155 Å². The molecule has 28 heteroatoms. The van der Waals surface area contributed by atoms with Gasteiger partial charge in [-0.1, -0.05) is 194 Å². The summed E-state index contributed by atoms with van der Waals surface area (Å²) in [5.74, 6) is -2.19. The van der Waals surface area contributed by atoms with Gasteiger partial charge in [0.1, 0.15) is 73.7 Å². The summed E-state index contributed by atoms with van der Waals surface area (Å²) in [4.78, 5) is 63.6. The van der Waals surface area contributed by atoms with E-state index in [2.05, 4.69) is 29.8 Å². The van der Waals surface area contributed by atoms with Gasteiger partial charge in [0.25, 0.3) is 0 Å². The van der Waals surface area contributed by atoms with Gasteiger partial charge in [-0.15, -0.1) is 0 Å². The fourth-order valence-corrected chi connectivity index (χ4v) is 13.2. The van der Waals surface area contributed by atoms with Crippen molar-refractivity contribution < 1.29 is 116 Å². The molecule has 0 spiro atoms. The van der Waals surface area contributed by atoms with E-state index >= 15 is 0 Å². The Labute approximate surface area is 590 Å². The third kappa shape index (κ3) is 39.0. The Hall–Kier alpha value is -3.06. The number of rotatable bonds is 59. The minimum atomic E-state index is -3.73. The second-order valence-corrected chi connectivity index (χ2v) is 29.3. The lowest BCUT2D eigenvalue weighted by Crippen LogP contribution is -2.68. The van der Waals surface area contributed by atoms with Crippen LogP contribution in [0.1, 0.15) is 265 Å². The van der Waals surface area contributed by atoms with E-state index in [0.29, 0.717) is 25.7 Å². The van der Waals surface area contributed by atoms with Crippen molar-refractivity contribution in [2.45, 2.75) is 363 Å². The highest BCUT2D eigenvalue weighted by Crippen LogP contribution is 2.44. The zero-order valence-electron chi connectivity index (χ0n) is 60.6. The Morgan fingerprint density at radius 1 is 0.455 bits per heavy atom. The Morgan fingerprint density at radius 3 is 1.39 bits per heavy atom. The van der Waals surface area contributed by atoms with Crippen LogP contribution in [-0.4, -0.2) is 228 Å². The molecule has 0 aromatic rings. The molecule has 3 fully saturated rings. The van der Waals surface area contributed by atoms with Crippen molar-refractivity contribution in [3.05, 3.63) is 0 Å². The van der Waals surface area contributed by atoms with Crippen LogP contribution in [0.25, 0.3) is 0 Å². The predicted octanol–water partition coefficient (Wildman–Crippen LogP) is 7.64. The number of amides is 3. The predicted molar refractivity (Wildman–Crippen MR) is 370 cm³/mol. The van der Waals surface area contributed by atoms with Gasteiger partial charge in [0.15, 0.2) is 25.0 Å². The number of aliphatic hydroxyl groups is 8. The molecule has 11 N–H and O–H groups in total. The Bertz CT molecular complexity index is 2180. The van der Waals surface area contributed by atoms with Crippen molar-refractivity contribution in [2.75, 3.05) is 59.4 Å².